The van der Waals surface area contributed by atoms with Crippen LogP contribution < -0.4 is 9.47 Å². The average Bonchev–Trinajstić information content (AvgIpc) is 3.09. The quantitative estimate of drug-likeness (QED) is 0.443. The Hall–Kier alpha value is -2.05. The Morgan fingerprint density at radius 2 is 2.06 bits per heavy atom. The van der Waals surface area contributed by atoms with Crippen molar-refractivity contribution in [3.05, 3.63) is 35.9 Å². The Morgan fingerprint density at radius 1 is 1.27 bits per heavy atom. The first-order valence-corrected chi connectivity index (χ1v) is 12.3. The molecule has 2 saturated carbocycles. The number of carbonyl (C=O) groups is 1. The van der Waals surface area contributed by atoms with Gasteiger partial charge < -0.3 is 19.3 Å². The van der Waals surface area contributed by atoms with Gasteiger partial charge in [0.2, 0.25) is 0 Å². The molecular formula is C27H39NO5. The van der Waals surface area contributed by atoms with Crippen LogP contribution in [0, 0.1) is 23.2 Å². The number of benzene rings is 1. The minimum Gasteiger partial charge on any atom is -0.493 e. The third-order valence-corrected chi connectivity index (χ3v) is 8.26. The second kappa shape index (κ2) is 10.1. The standard InChI is InChI=1S/C27H39NO5/c1-18-7-5-10-27(2)15-25-20(14-22(18)27)21(26(30)33-25)17-28(11-6-12-29)16-19-8-9-23(31-3)24(13-19)32-4/h8-9,13,20-22,25,29H,1,5-7,10-12,14-17H2,2-4H3/t20-,21-,22+,25-,27-/m1/s1. The molecule has 3 aliphatic rings. The summed E-state index contributed by atoms with van der Waals surface area (Å²) in [6.07, 6.45) is 6.15. The molecule has 0 aromatic heterocycles. The highest BCUT2D eigenvalue weighted by atomic mass is 16.6. The lowest BCUT2D eigenvalue weighted by atomic mass is 9.55. The highest BCUT2D eigenvalue weighted by Gasteiger charge is 2.55. The zero-order valence-corrected chi connectivity index (χ0v) is 20.3. The van der Waals surface area contributed by atoms with Gasteiger partial charge in [0.25, 0.3) is 0 Å². The van der Waals surface area contributed by atoms with Gasteiger partial charge in [-0.3, -0.25) is 9.69 Å². The Balaban J connectivity index is 1.50. The number of carbonyl (C=O) groups excluding carboxylic acids is 1. The van der Waals surface area contributed by atoms with Crippen LogP contribution in [-0.2, 0) is 16.1 Å². The van der Waals surface area contributed by atoms with Gasteiger partial charge in [0.05, 0.1) is 20.1 Å². The van der Waals surface area contributed by atoms with Gasteiger partial charge >= 0.3 is 5.97 Å². The first-order valence-electron chi connectivity index (χ1n) is 12.3. The van der Waals surface area contributed by atoms with E-state index in [1.807, 2.05) is 18.2 Å². The lowest BCUT2D eigenvalue weighted by Crippen LogP contribution is -2.45. The molecule has 0 unspecified atom stereocenters. The molecule has 182 valence electrons. The van der Waals surface area contributed by atoms with Crippen LogP contribution in [0.15, 0.2) is 30.4 Å². The molecule has 6 heteroatoms. The van der Waals surface area contributed by atoms with E-state index in [1.165, 1.54) is 18.4 Å². The maximum Gasteiger partial charge on any atom is 0.310 e. The summed E-state index contributed by atoms with van der Waals surface area (Å²) in [5.74, 6) is 1.93. The van der Waals surface area contributed by atoms with Crippen LogP contribution >= 0.6 is 0 Å². The molecule has 6 nitrogen and oxygen atoms in total. The summed E-state index contributed by atoms with van der Waals surface area (Å²) in [7, 11) is 3.26. The van der Waals surface area contributed by atoms with Gasteiger partial charge in [-0.2, -0.15) is 0 Å². The van der Waals surface area contributed by atoms with E-state index in [9.17, 15) is 9.90 Å². The maximum absolute atomic E-state index is 13.0. The molecular weight excluding hydrogens is 418 g/mol. The van der Waals surface area contributed by atoms with E-state index < -0.39 is 0 Å². The van der Waals surface area contributed by atoms with Crippen LogP contribution in [0.3, 0.4) is 0 Å². The number of esters is 1. The molecule has 1 N–H and O–H groups in total. The largest absolute Gasteiger partial charge is 0.493 e. The second-order valence-corrected chi connectivity index (χ2v) is 10.4. The summed E-state index contributed by atoms with van der Waals surface area (Å²) < 4.78 is 16.8. The van der Waals surface area contributed by atoms with Crippen LogP contribution in [-0.4, -0.2) is 56.0 Å². The van der Waals surface area contributed by atoms with Gasteiger partial charge in [-0.25, -0.2) is 0 Å². The number of aliphatic hydroxyl groups is 1. The van der Waals surface area contributed by atoms with Crippen molar-refractivity contribution in [2.45, 2.75) is 58.1 Å². The number of fused-ring (bicyclic) bond motifs is 2. The van der Waals surface area contributed by atoms with E-state index in [1.54, 1.807) is 14.2 Å². The van der Waals surface area contributed by atoms with Crippen LogP contribution in [0.25, 0.3) is 0 Å². The van der Waals surface area contributed by atoms with Gasteiger partial charge in [0.15, 0.2) is 11.5 Å². The van der Waals surface area contributed by atoms with E-state index in [4.69, 9.17) is 14.2 Å². The average molecular weight is 458 g/mol. The molecule has 2 aliphatic carbocycles. The molecule has 1 aromatic carbocycles. The molecule has 5 atom stereocenters. The van der Waals surface area contributed by atoms with Crippen LogP contribution in [0.2, 0.25) is 0 Å². The van der Waals surface area contributed by atoms with Crippen molar-refractivity contribution < 1.29 is 24.1 Å². The number of ether oxygens (including phenoxy) is 3. The Labute approximate surface area is 197 Å². The molecule has 33 heavy (non-hydrogen) atoms. The fourth-order valence-electron chi connectivity index (χ4n) is 6.51. The first kappa shape index (κ1) is 24.1. The topological polar surface area (TPSA) is 68.2 Å². The highest BCUT2D eigenvalue weighted by molar-refractivity contribution is 5.75. The third kappa shape index (κ3) is 4.92. The molecule has 0 bridgehead atoms. The maximum atomic E-state index is 13.0. The normalized spacial score (nSPS) is 31.2. The summed E-state index contributed by atoms with van der Waals surface area (Å²) in [6.45, 7) is 8.94. The van der Waals surface area contributed by atoms with E-state index >= 15 is 0 Å². The fraction of sp³-hybridized carbons (Fsp3) is 0.667. The molecule has 0 radical (unpaired) electrons. The molecule has 1 aromatic rings. The zero-order chi connectivity index (χ0) is 23.6. The number of hydrogen-bond acceptors (Lipinski definition) is 6. The van der Waals surface area contributed by atoms with Crippen LogP contribution in [0.4, 0.5) is 0 Å². The zero-order valence-electron chi connectivity index (χ0n) is 20.3. The minimum absolute atomic E-state index is 0.0235. The number of nitrogens with zero attached hydrogens (tertiary/aromatic N) is 1. The number of hydrogen-bond donors (Lipinski definition) is 1. The SMILES string of the molecule is C=C1CCC[C@]2(C)C[C@H]3OC(=O)[C@H](CN(CCCO)Cc4ccc(OC)c(OC)c4)[C@H]3C[C@@H]12. The van der Waals surface area contributed by atoms with Crippen molar-refractivity contribution in [2.24, 2.45) is 23.2 Å². The smallest absolute Gasteiger partial charge is 0.310 e. The van der Waals surface area contributed by atoms with Gasteiger partial charge in [-0.15, -0.1) is 0 Å². The molecule has 1 aliphatic heterocycles. The van der Waals surface area contributed by atoms with Gasteiger partial charge in [0, 0.05) is 32.2 Å². The van der Waals surface area contributed by atoms with Crippen LogP contribution in [0.5, 0.6) is 11.5 Å². The molecule has 1 heterocycles. The molecule has 1 saturated heterocycles. The molecule has 3 fully saturated rings. The summed E-state index contributed by atoms with van der Waals surface area (Å²) in [5.41, 5.74) is 2.66. The van der Waals surface area contributed by atoms with E-state index in [0.717, 1.165) is 31.4 Å². The molecule has 4 rings (SSSR count). The van der Waals surface area contributed by atoms with E-state index in [2.05, 4.69) is 18.4 Å². The monoisotopic (exact) mass is 457 g/mol. The first-order chi connectivity index (χ1) is 15.9. The highest BCUT2D eigenvalue weighted by Crippen LogP contribution is 2.57. The Bertz CT molecular complexity index is 870. The Kier molecular flexibility index (Phi) is 7.34. The van der Waals surface area contributed by atoms with Crippen LogP contribution in [0.1, 0.15) is 51.0 Å². The van der Waals surface area contributed by atoms with Gasteiger partial charge in [-0.05, 0) is 67.6 Å². The summed E-state index contributed by atoms with van der Waals surface area (Å²) in [5, 5.41) is 9.45. The predicted octanol–water partition coefficient (Wildman–Crippen LogP) is 4.20. The minimum atomic E-state index is -0.131. The summed E-state index contributed by atoms with van der Waals surface area (Å²) >= 11 is 0. The van der Waals surface area contributed by atoms with Crippen molar-refractivity contribution >= 4 is 5.97 Å². The van der Waals surface area contributed by atoms with Crippen molar-refractivity contribution in [3.63, 3.8) is 0 Å². The van der Waals surface area contributed by atoms with E-state index in [0.29, 0.717) is 36.9 Å². The number of allylic oxidation sites excluding steroid dienone is 1. The number of methoxy groups -OCH3 is 2. The van der Waals surface area contributed by atoms with Gasteiger partial charge in [-0.1, -0.05) is 25.1 Å². The number of aliphatic hydroxyl groups excluding tert-OH is 1. The lowest BCUT2D eigenvalue weighted by molar-refractivity contribution is -0.146. The number of rotatable bonds is 9. The third-order valence-electron chi connectivity index (χ3n) is 8.26. The molecule has 0 spiro atoms. The Morgan fingerprint density at radius 3 is 2.79 bits per heavy atom. The van der Waals surface area contributed by atoms with Gasteiger partial charge in [0.1, 0.15) is 6.10 Å². The predicted molar refractivity (Wildman–Crippen MR) is 127 cm³/mol. The second-order valence-electron chi connectivity index (χ2n) is 10.4. The fourth-order valence-corrected chi connectivity index (χ4v) is 6.51. The lowest BCUT2D eigenvalue weighted by Gasteiger charge is -2.50. The van der Waals surface area contributed by atoms with Crippen molar-refractivity contribution in [1.82, 2.24) is 4.90 Å². The summed E-state index contributed by atoms with van der Waals surface area (Å²) in [6, 6.07) is 5.93. The molecule has 0 amide bonds. The summed E-state index contributed by atoms with van der Waals surface area (Å²) in [4.78, 5) is 15.3. The van der Waals surface area contributed by atoms with Crippen molar-refractivity contribution in [2.75, 3.05) is 33.9 Å². The van der Waals surface area contributed by atoms with Crippen molar-refractivity contribution in [3.8, 4) is 11.5 Å². The van der Waals surface area contributed by atoms with E-state index in [-0.39, 0.29) is 35.9 Å². The van der Waals surface area contributed by atoms with Crippen molar-refractivity contribution in [1.29, 1.82) is 0 Å².